The third-order valence-electron chi connectivity index (χ3n) is 2.63. The van der Waals surface area contributed by atoms with Gasteiger partial charge in [0.1, 0.15) is 5.69 Å². The number of nitrogens with zero attached hydrogens (tertiary/aromatic N) is 2. The predicted molar refractivity (Wildman–Crippen MR) is 69.3 cm³/mol. The number of hydrogen-bond donors (Lipinski definition) is 2. The Kier molecular flexibility index (Phi) is 5.02. The Morgan fingerprint density at radius 1 is 1.71 bits per heavy atom. The SMILES string of the molecule is CSC(CO)C(C)NC(=O)c1cc(C)nn1C. The van der Waals surface area contributed by atoms with Crippen LogP contribution in [0.4, 0.5) is 0 Å². The molecule has 2 atom stereocenters. The van der Waals surface area contributed by atoms with E-state index in [9.17, 15) is 4.79 Å². The Labute approximate surface area is 106 Å². The number of carbonyl (C=O) groups excluding carboxylic acids is 1. The van der Waals surface area contributed by atoms with E-state index < -0.39 is 0 Å². The van der Waals surface area contributed by atoms with E-state index in [-0.39, 0.29) is 23.8 Å². The molecule has 1 aromatic heterocycles. The largest absolute Gasteiger partial charge is 0.395 e. The van der Waals surface area contributed by atoms with E-state index in [0.717, 1.165) is 5.69 Å². The van der Waals surface area contributed by atoms with Crippen LogP contribution in [0.25, 0.3) is 0 Å². The van der Waals surface area contributed by atoms with Gasteiger partial charge in [0, 0.05) is 18.3 Å². The quantitative estimate of drug-likeness (QED) is 0.809. The molecule has 5 nitrogen and oxygen atoms in total. The highest BCUT2D eigenvalue weighted by molar-refractivity contribution is 7.99. The molecule has 1 heterocycles. The fraction of sp³-hybridized carbons (Fsp3) is 0.636. The van der Waals surface area contributed by atoms with Crippen LogP contribution in [0.15, 0.2) is 6.07 Å². The predicted octanol–water partition coefficient (Wildman–Crippen LogP) is 0.571. The van der Waals surface area contributed by atoms with Crippen molar-refractivity contribution in [3.8, 4) is 0 Å². The molecule has 0 fully saturated rings. The lowest BCUT2D eigenvalue weighted by Crippen LogP contribution is -2.41. The molecular formula is C11H19N3O2S. The summed E-state index contributed by atoms with van der Waals surface area (Å²) in [6, 6.07) is 1.66. The molecule has 0 radical (unpaired) electrons. The first-order valence-electron chi connectivity index (χ1n) is 5.44. The molecule has 0 saturated heterocycles. The number of amides is 1. The number of nitrogens with one attached hydrogen (secondary N) is 1. The van der Waals surface area contributed by atoms with Crippen molar-refractivity contribution in [2.24, 2.45) is 7.05 Å². The van der Waals surface area contributed by atoms with Crippen molar-refractivity contribution in [3.05, 3.63) is 17.5 Å². The number of aliphatic hydroxyl groups excluding tert-OH is 1. The maximum atomic E-state index is 12.0. The first-order chi connectivity index (χ1) is 7.99. The lowest BCUT2D eigenvalue weighted by Gasteiger charge is -2.21. The summed E-state index contributed by atoms with van der Waals surface area (Å²) in [5.41, 5.74) is 1.35. The molecule has 0 saturated carbocycles. The Hall–Kier alpha value is -1.01. The fourth-order valence-corrected chi connectivity index (χ4v) is 2.26. The first kappa shape index (κ1) is 14.1. The smallest absolute Gasteiger partial charge is 0.269 e. The average molecular weight is 257 g/mol. The maximum absolute atomic E-state index is 12.0. The van der Waals surface area contributed by atoms with Gasteiger partial charge in [-0.15, -0.1) is 0 Å². The van der Waals surface area contributed by atoms with E-state index in [4.69, 9.17) is 5.11 Å². The minimum atomic E-state index is -0.159. The third kappa shape index (κ3) is 3.47. The van der Waals surface area contributed by atoms with Crippen molar-refractivity contribution in [2.45, 2.75) is 25.1 Å². The van der Waals surface area contributed by atoms with Gasteiger partial charge in [0.2, 0.25) is 0 Å². The Morgan fingerprint density at radius 3 is 2.76 bits per heavy atom. The van der Waals surface area contributed by atoms with Crippen molar-refractivity contribution in [2.75, 3.05) is 12.9 Å². The molecule has 96 valence electrons. The van der Waals surface area contributed by atoms with Crippen molar-refractivity contribution >= 4 is 17.7 Å². The zero-order chi connectivity index (χ0) is 13.0. The van der Waals surface area contributed by atoms with Crippen molar-refractivity contribution in [1.82, 2.24) is 15.1 Å². The Balaban J connectivity index is 2.69. The van der Waals surface area contributed by atoms with Crippen LogP contribution in [0.1, 0.15) is 23.1 Å². The van der Waals surface area contributed by atoms with Crippen LogP contribution >= 0.6 is 11.8 Å². The summed E-state index contributed by atoms with van der Waals surface area (Å²) in [4.78, 5) is 12.0. The lowest BCUT2D eigenvalue weighted by atomic mass is 10.2. The van der Waals surface area contributed by atoms with Crippen LogP contribution in [0, 0.1) is 6.92 Å². The summed E-state index contributed by atoms with van der Waals surface area (Å²) in [6.07, 6.45) is 1.91. The van der Waals surface area contributed by atoms with Crippen LogP contribution in [0.3, 0.4) is 0 Å². The summed E-state index contributed by atoms with van der Waals surface area (Å²) in [7, 11) is 1.74. The topological polar surface area (TPSA) is 67.2 Å². The number of rotatable bonds is 5. The third-order valence-corrected chi connectivity index (χ3v) is 3.80. The van der Waals surface area contributed by atoms with Gasteiger partial charge in [-0.05, 0) is 26.2 Å². The van der Waals surface area contributed by atoms with Gasteiger partial charge in [0.05, 0.1) is 12.3 Å². The van der Waals surface area contributed by atoms with E-state index in [0.29, 0.717) is 5.69 Å². The molecule has 1 rings (SSSR count). The van der Waals surface area contributed by atoms with Gasteiger partial charge in [-0.1, -0.05) is 0 Å². The molecule has 2 unspecified atom stereocenters. The second kappa shape index (κ2) is 6.07. The van der Waals surface area contributed by atoms with Gasteiger partial charge < -0.3 is 10.4 Å². The minimum absolute atomic E-state index is 0.00766. The van der Waals surface area contributed by atoms with Gasteiger partial charge in [-0.25, -0.2) is 0 Å². The molecule has 2 N–H and O–H groups in total. The zero-order valence-electron chi connectivity index (χ0n) is 10.6. The number of thioether (sulfide) groups is 1. The molecule has 0 aromatic carbocycles. The summed E-state index contributed by atoms with van der Waals surface area (Å²) in [5.74, 6) is -0.159. The van der Waals surface area contributed by atoms with Gasteiger partial charge in [-0.2, -0.15) is 16.9 Å². The average Bonchev–Trinajstić information content (AvgIpc) is 2.59. The lowest BCUT2D eigenvalue weighted by molar-refractivity contribution is 0.0926. The zero-order valence-corrected chi connectivity index (χ0v) is 11.4. The van der Waals surface area contributed by atoms with Crippen LogP contribution in [-0.4, -0.2) is 44.9 Å². The molecule has 0 aliphatic carbocycles. The van der Waals surface area contributed by atoms with Gasteiger partial charge in [0.15, 0.2) is 0 Å². The summed E-state index contributed by atoms with van der Waals surface area (Å²) in [5, 5.41) is 16.2. The van der Waals surface area contributed by atoms with E-state index >= 15 is 0 Å². The Morgan fingerprint density at radius 2 is 2.35 bits per heavy atom. The monoisotopic (exact) mass is 257 g/mol. The summed E-state index contributed by atoms with van der Waals surface area (Å²) in [6.45, 7) is 3.78. The number of aliphatic hydroxyl groups is 1. The highest BCUT2D eigenvalue weighted by Crippen LogP contribution is 2.11. The molecule has 1 aromatic rings. The number of aryl methyl sites for hydroxylation is 2. The number of aromatic nitrogens is 2. The molecular weight excluding hydrogens is 238 g/mol. The van der Waals surface area contributed by atoms with Crippen LogP contribution in [-0.2, 0) is 7.05 Å². The highest BCUT2D eigenvalue weighted by atomic mass is 32.2. The van der Waals surface area contributed by atoms with Crippen LogP contribution < -0.4 is 5.32 Å². The van der Waals surface area contributed by atoms with Gasteiger partial charge >= 0.3 is 0 Å². The number of carbonyl (C=O) groups is 1. The van der Waals surface area contributed by atoms with E-state index in [1.54, 1.807) is 17.8 Å². The van der Waals surface area contributed by atoms with Crippen LogP contribution in [0.2, 0.25) is 0 Å². The molecule has 0 spiro atoms. The minimum Gasteiger partial charge on any atom is -0.395 e. The highest BCUT2D eigenvalue weighted by Gasteiger charge is 2.19. The van der Waals surface area contributed by atoms with E-state index in [2.05, 4.69) is 10.4 Å². The van der Waals surface area contributed by atoms with E-state index in [1.165, 1.54) is 11.8 Å². The van der Waals surface area contributed by atoms with Crippen molar-refractivity contribution in [1.29, 1.82) is 0 Å². The Bertz CT molecular complexity index is 388. The fourth-order valence-electron chi connectivity index (χ4n) is 1.63. The normalized spacial score (nSPS) is 14.4. The summed E-state index contributed by atoms with van der Waals surface area (Å²) >= 11 is 1.54. The van der Waals surface area contributed by atoms with Crippen LogP contribution in [0.5, 0.6) is 0 Å². The molecule has 0 aliphatic rings. The standard InChI is InChI=1S/C11H19N3O2S/c1-7-5-9(14(3)13-7)11(16)12-8(2)10(6-15)17-4/h5,8,10,15H,6H2,1-4H3,(H,12,16). The van der Waals surface area contributed by atoms with Crippen molar-refractivity contribution in [3.63, 3.8) is 0 Å². The molecule has 0 aliphatic heterocycles. The molecule has 6 heteroatoms. The van der Waals surface area contributed by atoms with Crippen molar-refractivity contribution < 1.29 is 9.90 Å². The van der Waals surface area contributed by atoms with Gasteiger partial charge in [-0.3, -0.25) is 9.48 Å². The molecule has 1 amide bonds. The van der Waals surface area contributed by atoms with Gasteiger partial charge in [0.25, 0.3) is 5.91 Å². The maximum Gasteiger partial charge on any atom is 0.269 e. The second-order valence-electron chi connectivity index (χ2n) is 4.01. The summed E-state index contributed by atoms with van der Waals surface area (Å²) < 4.78 is 1.56. The first-order valence-corrected chi connectivity index (χ1v) is 6.73. The second-order valence-corrected chi connectivity index (χ2v) is 5.09. The van der Waals surface area contributed by atoms with E-state index in [1.807, 2.05) is 20.1 Å². The molecule has 0 bridgehead atoms. The molecule has 17 heavy (non-hydrogen) atoms. The number of hydrogen-bond acceptors (Lipinski definition) is 4.